The molecule has 1 heterocycles. The molecule has 0 saturated heterocycles. The van der Waals surface area contributed by atoms with Gasteiger partial charge in [0.15, 0.2) is 0 Å². The minimum atomic E-state index is 0.441. The summed E-state index contributed by atoms with van der Waals surface area (Å²) in [6.07, 6.45) is 1.79. The first-order valence-corrected chi connectivity index (χ1v) is 3.99. The second kappa shape index (κ2) is 3.03. The molecular formula is C8H15N3. The van der Waals surface area contributed by atoms with Crippen LogP contribution in [0.25, 0.3) is 0 Å². The van der Waals surface area contributed by atoms with Crippen molar-refractivity contribution in [2.24, 2.45) is 5.92 Å². The van der Waals surface area contributed by atoms with Crippen molar-refractivity contribution in [1.82, 2.24) is 14.8 Å². The van der Waals surface area contributed by atoms with Gasteiger partial charge in [-0.15, -0.1) is 0 Å². The molecule has 62 valence electrons. The highest BCUT2D eigenvalue weighted by Gasteiger charge is 2.09. The molecule has 1 aromatic heterocycles. The monoisotopic (exact) mass is 153 g/mol. The van der Waals surface area contributed by atoms with Crippen LogP contribution in [0.1, 0.15) is 32.6 Å². The van der Waals surface area contributed by atoms with Crippen LogP contribution in [0.2, 0.25) is 0 Å². The second-order valence-corrected chi connectivity index (χ2v) is 3.26. The van der Waals surface area contributed by atoms with Gasteiger partial charge in [0.1, 0.15) is 12.2 Å². The van der Waals surface area contributed by atoms with Gasteiger partial charge in [-0.3, -0.25) is 0 Å². The van der Waals surface area contributed by atoms with E-state index in [0.29, 0.717) is 12.0 Å². The first kappa shape index (κ1) is 8.24. The molecular weight excluding hydrogens is 138 g/mol. The summed E-state index contributed by atoms with van der Waals surface area (Å²) < 4.78 is 1.92. The molecule has 0 fully saturated rings. The Hall–Kier alpha value is -0.860. The van der Waals surface area contributed by atoms with Crippen LogP contribution in [-0.2, 0) is 0 Å². The quantitative estimate of drug-likeness (QED) is 0.648. The van der Waals surface area contributed by atoms with Crippen molar-refractivity contribution >= 4 is 0 Å². The number of nitrogens with zero attached hydrogens (tertiary/aromatic N) is 3. The average Bonchev–Trinajstić information content (AvgIpc) is 2.34. The number of hydrogen-bond donors (Lipinski definition) is 0. The van der Waals surface area contributed by atoms with Crippen LogP contribution in [0.15, 0.2) is 6.33 Å². The molecule has 0 aromatic carbocycles. The molecule has 0 bridgehead atoms. The first-order chi connectivity index (χ1) is 5.11. The van der Waals surface area contributed by atoms with Gasteiger partial charge in [-0.2, -0.15) is 5.10 Å². The maximum absolute atomic E-state index is 4.24. The zero-order valence-corrected chi connectivity index (χ0v) is 7.57. The third kappa shape index (κ3) is 1.79. The second-order valence-electron chi connectivity index (χ2n) is 3.26. The molecule has 0 amide bonds. The summed E-state index contributed by atoms with van der Waals surface area (Å²) in [4.78, 5) is 4.07. The van der Waals surface area contributed by atoms with Crippen molar-refractivity contribution in [3.05, 3.63) is 12.2 Å². The number of aromatic nitrogens is 3. The average molecular weight is 153 g/mol. The van der Waals surface area contributed by atoms with Crippen LogP contribution in [0, 0.1) is 12.8 Å². The van der Waals surface area contributed by atoms with Crippen molar-refractivity contribution in [3.63, 3.8) is 0 Å². The van der Waals surface area contributed by atoms with Crippen LogP contribution in [0.5, 0.6) is 0 Å². The van der Waals surface area contributed by atoms with E-state index in [1.54, 1.807) is 6.33 Å². The number of hydrogen-bond acceptors (Lipinski definition) is 2. The first-order valence-electron chi connectivity index (χ1n) is 3.99. The van der Waals surface area contributed by atoms with Crippen LogP contribution in [-0.4, -0.2) is 14.8 Å². The van der Waals surface area contributed by atoms with Gasteiger partial charge >= 0.3 is 0 Å². The van der Waals surface area contributed by atoms with Gasteiger partial charge in [0.05, 0.1) is 6.04 Å². The van der Waals surface area contributed by atoms with E-state index in [9.17, 15) is 0 Å². The normalized spacial score (nSPS) is 13.9. The molecule has 0 spiro atoms. The minimum Gasteiger partial charge on any atom is -0.250 e. The van der Waals surface area contributed by atoms with Crippen LogP contribution in [0.3, 0.4) is 0 Å². The number of aryl methyl sites for hydroxylation is 1. The SMILES string of the molecule is Cc1ncn(C(C)C(C)C)n1. The maximum atomic E-state index is 4.24. The summed E-state index contributed by atoms with van der Waals surface area (Å²) in [6.45, 7) is 8.42. The minimum absolute atomic E-state index is 0.441. The lowest BCUT2D eigenvalue weighted by molar-refractivity contribution is 0.373. The van der Waals surface area contributed by atoms with E-state index < -0.39 is 0 Å². The van der Waals surface area contributed by atoms with Gasteiger partial charge in [-0.05, 0) is 19.8 Å². The predicted octanol–water partition coefficient (Wildman–Crippen LogP) is 1.80. The number of rotatable bonds is 2. The van der Waals surface area contributed by atoms with Gasteiger partial charge in [-0.25, -0.2) is 9.67 Å². The highest BCUT2D eigenvalue weighted by Crippen LogP contribution is 2.14. The molecule has 1 atom stereocenters. The zero-order valence-electron chi connectivity index (χ0n) is 7.57. The van der Waals surface area contributed by atoms with Crippen molar-refractivity contribution in [2.45, 2.75) is 33.7 Å². The molecule has 0 aliphatic carbocycles. The molecule has 0 saturated carbocycles. The Morgan fingerprint density at radius 2 is 2.00 bits per heavy atom. The highest BCUT2D eigenvalue weighted by molar-refractivity contribution is 4.77. The predicted molar refractivity (Wildman–Crippen MR) is 44.3 cm³/mol. The van der Waals surface area contributed by atoms with Crippen LogP contribution < -0.4 is 0 Å². The van der Waals surface area contributed by atoms with E-state index in [1.165, 1.54) is 0 Å². The molecule has 1 unspecified atom stereocenters. The van der Waals surface area contributed by atoms with E-state index >= 15 is 0 Å². The maximum Gasteiger partial charge on any atom is 0.147 e. The Morgan fingerprint density at radius 1 is 1.36 bits per heavy atom. The topological polar surface area (TPSA) is 30.7 Å². The highest BCUT2D eigenvalue weighted by atomic mass is 15.3. The Bertz CT molecular complexity index is 227. The van der Waals surface area contributed by atoms with E-state index in [-0.39, 0.29) is 0 Å². The van der Waals surface area contributed by atoms with Crippen LogP contribution in [0.4, 0.5) is 0 Å². The van der Waals surface area contributed by atoms with E-state index in [1.807, 2.05) is 11.6 Å². The smallest absolute Gasteiger partial charge is 0.147 e. The van der Waals surface area contributed by atoms with Gasteiger partial charge in [0.25, 0.3) is 0 Å². The van der Waals surface area contributed by atoms with Gasteiger partial charge in [0, 0.05) is 0 Å². The molecule has 0 aliphatic heterocycles. The van der Waals surface area contributed by atoms with E-state index in [0.717, 1.165) is 5.82 Å². The van der Waals surface area contributed by atoms with Crippen molar-refractivity contribution in [2.75, 3.05) is 0 Å². The molecule has 1 rings (SSSR count). The largest absolute Gasteiger partial charge is 0.250 e. The summed E-state index contributed by atoms with van der Waals surface area (Å²) in [7, 11) is 0. The van der Waals surface area contributed by atoms with Crippen LogP contribution >= 0.6 is 0 Å². The fraction of sp³-hybridized carbons (Fsp3) is 0.750. The van der Waals surface area contributed by atoms with Gasteiger partial charge in [0.2, 0.25) is 0 Å². The summed E-state index contributed by atoms with van der Waals surface area (Å²) in [5.41, 5.74) is 0. The Balaban J connectivity index is 2.76. The Labute approximate surface area is 67.4 Å². The lowest BCUT2D eigenvalue weighted by Crippen LogP contribution is -2.11. The molecule has 0 radical (unpaired) electrons. The Kier molecular flexibility index (Phi) is 2.27. The fourth-order valence-electron chi connectivity index (χ4n) is 0.863. The molecule has 3 nitrogen and oxygen atoms in total. The zero-order chi connectivity index (χ0) is 8.43. The summed E-state index contributed by atoms with van der Waals surface area (Å²) in [5, 5.41) is 4.24. The summed E-state index contributed by atoms with van der Waals surface area (Å²) >= 11 is 0. The van der Waals surface area contributed by atoms with E-state index in [2.05, 4.69) is 30.9 Å². The van der Waals surface area contributed by atoms with Crippen molar-refractivity contribution < 1.29 is 0 Å². The standard InChI is InChI=1S/C8H15N3/c1-6(2)7(3)11-5-9-8(4)10-11/h5-7H,1-4H3. The van der Waals surface area contributed by atoms with Crippen molar-refractivity contribution in [1.29, 1.82) is 0 Å². The lowest BCUT2D eigenvalue weighted by atomic mass is 10.1. The molecule has 11 heavy (non-hydrogen) atoms. The molecule has 1 aromatic rings. The third-order valence-electron chi connectivity index (χ3n) is 2.01. The molecule has 0 aliphatic rings. The molecule has 3 heteroatoms. The van der Waals surface area contributed by atoms with Crippen molar-refractivity contribution in [3.8, 4) is 0 Å². The lowest BCUT2D eigenvalue weighted by Gasteiger charge is -2.14. The fourth-order valence-corrected chi connectivity index (χ4v) is 0.863. The molecule has 0 N–H and O–H groups in total. The van der Waals surface area contributed by atoms with E-state index in [4.69, 9.17) is 0 Å². The van der Waals surface area contributed by atoms with Gasteiger partial charge < -0.3 is 0 Å². The van der Waals surface area contributed by atoms with Gasteiger partial charge in [-0.1, -0.05) is 13.8 Å². The summed E-state index contributed by atoms with van der Waals surface area (Å²) in [5.74, 6) is 1.45. The Morgan fingerprint density at radius 3 is 2.36 bits per heavy atom. The summed E-state index contributed by atoms with van der Waals surface area (Å²) in [6, 6.07) is 0.441. The third-order valence-corrected chi connectivity index (χ3v) is 2.01.